The molecule has 7 heteroatoms. The van der Waals surface area contributed by atoms with Crippen LogP contribution < -0.4 is 11.1 Å². The summed E-state index contributed by atoms with van der Waals surface area (Å²) >= 11 is 0. The van der Waals surface area contributed by atoms with Crippen molar-refractivity contribution in [3.63, 3.8) is 0 Å². The Labute approximate surface area is 175 Å². The van der Waals surface area contributed by atoms with E-state index in [1.807, 2.05) is 0 Å². The van der Waals surface area contributed by atoms with Crippen LogP contribution in [0.1, 0.15) is 82.8 Å². The lowest BCUT2D eigenvalue weighted by Crippen LogP contribution is -2.32. The molecule has 0 saturated heterocycles. The maximum atomic E-state index is 5.93. The van der Waals surface area contributed by atoms with Crippen LogP contribution in [0.25, 0.3) is 0 Å². The van der Waals surface area contributed by atoms with Crippen LogP contribution in [-0.2, 0) is 19.4 Å². The normalized spacial score (nSPS) is 14.4. The minimum atomic E-state index is 0. The molecule has 1 aromatic heterocycles. The molecule has 2 rings (SSSR count). The van der Waals surface area contributed by atoms with Gasteiger partial charge in [0.25, 0.3) is 0 Å². The summed E-state index contributed by atoms with van der Waals surface area (Å²) in [6, 6.07) is 0. The smallest absolute Gasteiger partial charge is 0.188 e. The van der Waals surface area contributed by atoms with Crippen LogP contribution in [0.4, 0.5) is 0 Å². The monoisotopic (exact) mass is 476 g/mol. The van der Waals surface area contributed by atoms with Gasteiger partial charge in [0.1, 0.15) is 11.6 Å². The van der Waals surface area contributed by atoms with Gasteiger partial charge in [-0.3, -0.25) is 4.99 Å². The lowest BCUT2D eigenvalue weighted by Gasteiger charge is -2.07. The van der Waals surface area contributed by atoms with Gasteiger partial charge < -0.3 is 15.6 Å². The Kier molecular flexibility index (Phi) is 12.7. The van der Waals surface area contributed by atoms with E-state index >= 15 is 0 Å². The second-order valence-electron chi connectivity index (χ2n) is 7.06. The van der Waals surface area contributed by atoms with Gasteiger partial charge in [-0.05, 0) is 25.7 Å². The number of halogens is 1. The van der Waals surface area contributed by atoms with Gasteiger partial charge in [0.15, 0.2) is 5.96 Å². The summed E-state index contributed by atoms with van der Waals surface area (Å²) in [6.45, 7) is 5.00. The molecule has 1 aromatic rings. The number of rotatable bonds is 11. The molecule has 150 valence electrons. The summed E-state index contributed by atoms with van der Waals surface area (Å²) in [5.41, 5.74) is 5.93. The highest BCUT2D eigenvalue weighted by Crippen LogP contribution is 2.15. The molecule has 2 heterocycles. The Morgan fingerprint density at radius 2 is 1.88 bits per heavy atom. The highest BCUT2D eigenvalue weighted by molar-refractivity contribution is 14.0. The van der Waals surface area contributed by atoms with Crippen molar-refractivity contribution < 1.29 is 0 Å². The number of fused-ring (bicyclic) bond motifs is 1. The third-order valence-corrected chi connectivity index (χ3v) is 4.86. The summed E-state index contributed by atoms with van der Waals surface area (Å²) in [5.74, 6) is 2.86. The van der Waals surface area contributed by atoms with E-state index in [0.29, 0.717) is 5.96 Å². The fourth-order valence-electron chi connectivity index (χ4n) is 3.34. The van der Waals surface area contributed by atoms with E-state index in [2.05, 4.69) is 32.0 Å². The first-order valence-corrected chi connectivity index (χ1v) is 10.3. The van der Waals surface area contributed by atoms with Crippen LogP contribution in [0.2, 0.25) is 0 Å². The molecule has 0 aromatic carbocycles. The van der Waals surface area contributed by atoms with Gasteiger partial charge in [-0.15, -0.1) is 34.2 Å². The van der Waals surface area contributed by atoms with E-state index in [9.17, 15) is 0 Å². The molecular formula is C19H37IN6. The Bertz CT molecular complexity index is 514. The number of hydrogen-bond acceptors (Lipinski definition) is 3. The average molecular weight is 476 g/mol. The van der Waals surface area contributed by atoms with E-state index in [0.717, 1.165) is 50.5 Å². The van der Waals surface area contributed by atoms with Crippen molar-refractivity contribution in [3.8, 4) is 0 Å². The Morgan fingerprint density at radius 3 is 2.73 bits per heavy atom. The summed E-state index contributed by atoms with van der Waals surface area (Å²) in [5, 5.41) is 11.9. The summed E-state index contributed by atoms with van der Waals surface area (Å²) in [6.07, 6.45) is 14.5. The van der Waals surface area contributed by atoms with Gasteiger partial charge in [-0.1, -0.05) is 45.4 Å². The van der Waals surface area contributed by atoms with Crippen molar-refractivity contribution in [2.24, 2.45) is 10.7 Å². The molecular weight excluding hydrogens is 439 g/mol. The number of aryl methyl sites for hydroxylation is 2. The van der Waals surface area contributed by atoms with E-state index in [1.165, 1.54) is 57.8 Å². The number of nitrogens with one attached hydrogen (secondary N) is 1. The number of unbranched alkanes of at least 4 members (excludes halogenated alkanes) is 5. The molecule has 1 aliphatic rings. The highest BCUT2D eigenvalue weighted by Gasteiger charge is 2.13. The molecule has 0 aliphatic carbocycles. The van der Waals surface area contributed by atoms with E-state index in [-0.39, 0.29) is 24.0 Å². The summed E-state index contributed by atoms with van der Waals surface area (Å²) in [4.78, 5) is 4.43. The lowest BCUT2D eigenvalue weighted by molar-refractivity contribution is 0.596. The number of aliphatic imine (C=N–C) groups is 1. The summed E-state index contributed by atoms with van der Waals surface area (Å²) < 4.78 is 2.32. The molecule has 0 unspecified atom stereocenters. The zero-order valence-electron chi connectivity index (χ0n) is 16.4. The summed E-state index contributed by atoms with van der Waals surface area (Å²) in [7, 11) is 0. The van der Waals surface area contributed by atoms with Gasteiger partial charge in [0.2, 0.25) is 0 Å². The predicted octanol–water partition coefficient (Wildman–Crippen LogP) is 3.82. The van der Waals surface area contributed by atoms with Crippen molar-refractivity contribution in [2.75, 3.05) is 13.1 Å². The molecule has 0 bridgehead atoms. The average Bonchev–Trinajstić information content (AvgIpc) is 2.84. The topological polar surface area (TPSA) is 81.1 Å². The highest BCUT2D eigenvalue weighted by atomic mass is 127. The Balaban J connectivity index is 0.00000338. The van der Waals surface area contributed by atoms with Gasteiger partial charge in [0.05, 0.1) is 0 Å². The van der Waals surface area contributed by atoms with Gasteiger partial charge in [-0.2, -0.15) is 0 Å². The molecule has 0 saturated carbocycles. The third-order valence-electron chi connectivity index (χ3n) is 4.86. The SMILES string of the molecule is CCCCCCCCNC(N)=NCCCc1nnc2n1CCCCC2.I. The number of hydrogen-bond donors (Lipinski definition) is 2. The maximum absolute atomic E-state index is 5.93. The molecule has 3 N–H and O–H groups in total. The lowest BCUT2D eigenvalue weighted by atomic mass is 10.1. The largest absolute Gasteiger partial charge is 0.370 e. The molecule has 1 aliphatic heterocycles. The Morgan fingerprint density at radius 1 is 1.08 bits per heavy atom. The second kappa shape index (κ2) is 14.2. The van der Waals surface area contributed by atoms with Crippen molar-refractivity contribution in [1.82, 2.24) is 20.1 Å². The van der Waals surface area contributed by atoms with Crippen molar-refractivity contribution in [1.29, 1.82) is 0 Å². The first kappa shape index (κ1) is 23.2. The van der Waals surface area contributed by atoms with Gasteiger partial charge in [-0.25, -0.2) is 0 Å². The van der Waals surface area contributed by atoms with Gasteiger partial charge in [0, 0.05) is 32.5 Å². The van der Waals surface area contributed by atoms with E-state index in [4.69, 9.17) is 5.73 Å². The molecule has 0 radical (unpaired) electrons. The van der Waals surface area contributed by atoms with Crippen LogP contribution in [0.15, 0.2) is 4.99 Å². The van der Waals surface area contributed by atoms with E-state index < -0.39 is 0 Å². The molecule has 0 spiro atoms. The number of aromatic nitrogens is 3. The van der Waals surface area contributed by atoms with Crippen LogP contribution in [0, 0.1) is 0 Å². The molecule has 0 fully saturated rings. The molecule has 6 nitrogen and oxygen atoms in total. The maximum Gasteiger partial charge on any atom is 0.188 e. The zero-order valence-corrected chi connectivity index (χ0v) is 18.7. The fourth-order valence-corrected chi connectivity index (χ4v) is 3.34. The van der Waals surface area contributed by atoms with E-state index in [1.54, 1.807) is 0 Å². The number of nitrogens with zero attached hydrogens (tertiary/aromatic N) is 4. The third kappa shape index (κ3) is 8.68. The minimum Gasteiger partial charge on any atom is -0.370 e. The molecule has 26 heavy (non-hydrogen) atoms. The first-order valence-electron chi connectivity index (χ1n) is 10.3. The standard InChI is InChI=1S/C19H36N6.HI/c1-2-3-4-5-6-9-14-21-19(20)22-15-11-13-18-24-23-17-12-8-7-10-16-25(17)18;/h2-16H2,1H3,(H3,20,21,22);1H. The number of guanidine groups is 1. The van der Waals surface area contributed by atoms with Crippen molar-refractivity contribution in [3.05, 3.63) is 11.6 Å². The van der Waals surface area contributed by atoms with Crippen LogP contribution in [0.3, 0.4) is 0 Å². The van der Waals surface area contributed by atoms with Crippen LogP contribution in [-0.4, -0.2) is 33.8 Å². The molecule has 0 amide bonds. The molecule has 0 atom stereocenters. The quantitative estimate of drug-likeness (QED) is 0.220. The second-order valence-corrected chi connectivity index (χ2v) is 7.06. The van der Waals surface area contributed by atoms with Gasteiger partial charge >= 0.3 is 0 Å². The Hall–Kier alpha value is -0.860. The van der Waals surface area contributed by atoms with Crippen molar-refractivity contribution >= 4 is 29.9 Å². The minimum absolute atomic E-state index is 0. The fraction of sp³-hybridized carbons (Fsp3) is 0.842. The van der Waals surface area contributed by atoms with Crippen LogP contribution in [0.5, 0.6) is 0 Å². The predicted molar refractivity (Wildman–Crippen MR) is 119 cm³/mol. The zero-order chi connectivity index (χ0) is 17.7. The number of nitrogens with two attached hydrogens (primary N) is 1. The van der Waals surface area contributed by atoms with Crippen LogP contribution >= 0.6 is 24.0 Å². The first-order chi connectivity index (χ1) is 12.3. The van der Waals surface area contributed by atoms with Crippen molar-refractivity contribution in [2.45, 2.75) is 90.5 Å².